The molecule has 0 bridgehead atoms. The number of H-pyrrole nitrogens is 1. The lowest BCUT2D eigenvalue weighted by molar-refractivity contribution is 0.450. The molecular formula is C11H10N2O2. The van der Waals surface area contributed by atoms with Gasteiger partial charge in [0.05, 0.1) is 18.2 Å². The van der Waals surface area contributed by atoms with Crippen molar-refractivity contribution in [3.05, 3.63) is 42.0 Å². The standard InChI is InChI=1S/C11H10N2O2/c14-10-4-2-8(11(15)5-10)1-3-9-6-12-7-13-9/h1-7,14-15H,(H,12,13)/b3-1+. The monoisotopic (exact) mass is 202 g/mol. The van der Waals surface area contributed by atoms with Crippen molar-refractivity contribution in [1.29, 1.82) is 0 Å². The van der Waals surface area contributed by atoms with Gasteiger partial charge in [-0.15, -0.1) is 0 Å². The molecule has 0 fully saturated rings. The molecule has 15 heavy (non-hydrogen) atoms. The van der Waals surface area contributed by atoms with Crippen molar-refractivity contribution < 1.29 is 10.2 Å². The second-order valence-corrected chi connectivity index (χ2v) is 3.08. The summed E-state index contributed by atoms with van der Waals surface area (Å²) in [6.45, 7) is 0. The molecule has 3 N–H and O–H groups in total. The Morgan fingerprint density at radius 3 is 2.73 bits per heavy atom. The van der Waals surface area contributed by atoms with Gasteiger partial charge >= 0.3 is 0 Å². The van der Waals surface area contributed by atoms with Crippen molar-refractivity contribution in [2.45, 2.75) is 0 Å². The van der Waals surface area contributed by atoms with E-state index in [0.29, 0.717) is 5.56 Å². The van der Waals surface area contributed by atoms with Crippen molar-refractivity contribution >= 4 is 12.2 Å². The van der Waals surface area contributed by atoms with Crippen LogP contribution in [0.15, 0.2) is 30.7 Å². The van der Waals surface area contributed by atoms with Crippen molar-refractivity contribution in [3.63, 3.8) is 0 Å². The lowest BCUT2D eigenvalue weighted by Gasteiger charge is -1.98. The van der Waals surface area contributed by atoms with E-state index >= 15 is 0 Å². The van der Waals surface area contributed by atoms with Gasteiger partial charge < -0.3 is 15.2 Å². The number of aromatic amines is 1. The molecule has 0 unspecified atom stereocenters. The van der Waals surface area contributed by atoms with Crippen LogP contribution in [0.5, 0.6) is 11.5 Å². The average Bonchev–Trinajstić information content (AvgIpc) is 2.69. The molecule has 76 valence electrons. The predicted molar refractivity (Wildman–Crippen MR) is 57.3 cm³/mol. The van der Waals surface area contributed by atoms with E-state index < -0.39 is 0 Å². The number of phenolic OH excluding ortho intramolecular Hbond substituents is 2. The predicted octanol–water partition coefficient (Wildman–Crippen LogP) is 1.99. The molecule has 0 aliphatic heterocycles. The highest BCUT2D eigenvalue weighted by Gasteiger charge is 1.98. The molecule has 2 rings (SSSR count). The minimum Gasteiger partial charge on any atom is -0.508 e. The molecule has 0 aliphatic rings. The number of nitrogens with one attached hydrogen (secondary N) is 1. The summed E-state index contributed by atoms with van der Waals surface area (Å²) in [5.74, 6) is 0.0944. The molecule has 1 heterocycles. The number of benzene rings is 1. The van der Waals surface area contributed by atoms with Crippen LogP contribution in [0, 0.1) is 0 Å². The first-order valence-corrected chi connectivity index (χ1v) is 4.44. The number of rotatable bonds is 2. The van der Waals surface area contributed by atoms with Gasteiger partial charge in [0, 0.05) is 11.6 Å². The molecule has 0 saturated heterocycles. The molecule has 0 saturated carbocycles. The number of hydrogen-bond acceptors (Lipinski definition) is 3. The quantitative estimate of drug-likeness (QED) is 0.697. The fraction of sp³-hybridized carbons (Fsp3) is 0. The van der Waals surface area contributed by atoms with Crippen LogP contribution >= 0.6 is 0 Å². The van der Waals surface area contributed by atoms with Crippen LogP contribution in [0.2, 0.25) is 0 Å². The molecule has 4 heteroatoms. The Balaban J connectivity index is 2.24. The maximum absolute atomic E-state index is 9.48. The SMILES string of the molecule is Oc1ccc(/C=C/c2cnc[nH]2)c(O)c1. The van der Waals surface area contributed by atoms with Gasteiger partial charge in [0.25, 0.3) is 0 Å². The zero-order valence-corrected chi connectivity index (χ0v) is 7.88. The van der Waals surface area contributed by atoms with Crippen LogP contribution in [-0.2, 0) is 0 Å². The van der Waals surface area contributed by atoms with Crippen LogP contribution in [0.1, 0.15) is 11.3 Å². The van der Waals surface area contributed by atoms with Gasteiger partial charge in [-0.2, -0.15) is 0 Å². The Labute approximate surface area is 86.5 Å². The fourth-order valence-corrected chi connectivity index (χ4v) is 1.21. The molecule has 0 aliphatic carbocycles. The van der Waals surface area contributed by atoms with E-state index in [2.05, 4.69) is 9.97 Å². The van der Waals surface area contributed by atoms with E-state index in [0.717, 1.165) is 5.69 Å². The minimum absolute atomic E-state index is 0.0470. The summed E-state index contributed by atoms with van der Waals surface area (Å²) in [6.07, 6.45) is 6.78. The van der Waals surface area contributed by atoms with E-state index in [-0.39, 0.29) is 11.5 Å². The summed E-state index contributed by atoms with van der Waals surface area (Å²) in [5, 5.41) is 18.6. The third-order valence-corrected chi connectivity index (χ3v) is 1.98. The second kappa shape index (κ2) is 3.88. The number of aromatic hydroxyl groups is 2. The fourth-order valence-electron chi connectivity index (χ4n) is 1.21. The molecule has 2 aromatic rings. The first-order valence-electron chi connectivity index (χ1n) is 4.44. The van der Waals surface area contributed by atoms with Gasteiger partial charge in [0.1, 0.15) is 11.5 Å². The Bertz CT molecular complexity index is 475. The van der Waals surface area contributed by atoms with E-state index in [1.165, 1.54) is 12.1 Å². The molecule has 0 spiro atoms. The molecule has 0 atom stereocenters. The number of phenols is 2. The van der Waals surface area contributed by atoms with E-state index in [1.54, 1.807) is 30.7 Å². The first kappa shape index (κ1) is 9.33. The first-order chi connectivity index (χ1) is 7.25. The Hall–Kier alpha value is -2.23. The zero-order chi connectivity index (χ0) is 10.7. The molecule has 4 nitrogen and oxygen atoms in total. The number of hydrogen-bond donors (Lipinski definition) is 3. The van der Waals surface area contributed by atoms with Crippen molar-refractivity contribution in [2.75, 3.05) is 0 Å². The summed E-state index contributed by atoms with van der Waals surface area (Å²) in [5.41, 5.74) is 1.49. The molecule has 1 aromatic carbocycles. The van der Waals surface area contributed by atoms with E-state index in [1.807, 2.05) is 0 Å². The zero-order valence-electron chi connectivity index (χ0n) is 7.88. The summed E-state index contributed by atoms with van der Waals surface area (Å²) in [4.78, 5) is 6.77. The second-order valence-electron chi connectivity index (χ2n) is 3.08. The number of nitrogens with zero attached hydrogens (tertiary/aromatic N) is 1. The summed E-state index contributed by atoms with van der Waals surface area (Å²) in [6, 6.07) is 4.45. The highest BCUT2D eigenvalue weighted by atomic mass is 16.3. The minimum atomic E-state index is 0.0470. The Morgan fingerprint density at radius 2 is 2.07 bits per heavy atom. The lowest BCUT2D eigenvalue weighted by Crippen LogP contribution is -1.74. The maximum atomic E-state index is 9.48. The van der Waals surface area contributed by atoms with Crippen LogP contribution in [0.4, 0.5) is 0 Å². The third-order valence-electron chi connectivity index (χ3n) is 1.98. The van der Waals surface area contributed by atoms with Crippen LogP contribution in [0.3, 0.4) is 0 Å². The van der Waals surface area contributed by atoms with E-state index in [9.17, 15) is 5.11 Å². The molecule has 0 amide bonds. The summed E-state index contributed by atoms with van der Waals surface area (Å²) < 4.78 is 0. The van der Waals surface area contributed by atoms with Crippen LogP contribution in [-0.4, -0.2) is 20.2 Å². The largest absolute Gasteiger partial charge is 0.508 e. The lowest BCUT2D eigenvalue weighted by atomic mass is 10.1. The number of aromatic nitrogens is 2. The van der Waals surface area contributed by atoms with Gasteiger partial charge in [0.15, 0.2) is 0 Å². The van der Waals surface area contributed by atoms with E-state index in [4.69, 9.17) is 5.11 Å². The maximum Gasteiger partial charge on any atom is 0.126 e. The molecular weight excluding hydrogens is 192 g/mol. The smallest absolute Gasteiger partial charge is 0.126 e. The van der Waals surface area contributed by atoms with Gasteiger partial charge in [-0.05, 0) is 24.3 Å². The summed E-state index contributed by atoms with van der Waals surface area (Å²) >= 11 is 0. The van der Waals surface area contributed by atoms with Gasteiger partial charge in [-0.1, -0.05) is 0 Å². The Morgan fingerprint density at radius 1 is 1.20 bits per heavy atom. The molecule has 1 aromatic heterocycles. The highest BCUT2D eigenvalue weighted by molar-refractivity contribution is 5.71. The molecule has 0 radical (unpaired) electrons. The van der Waals surface area contributed by atoms with Gasteiger partial charge in [0.2, 0.25) is 0 Å². The average molecular weight is 202 g/mol. The van der Waals surface area contributed by atoms with Crippen molar-refractivity contribution in [3.8, 4) is 11.5 Å². The topological polar surface area (TPSA) is 69.1 Å². The number of imidazole rings is 1. The van der Waals surface area contributed by atoms with Crippen molar-refractivity contribution in [2.24, 2.45) is 0 Å². The summed E-state index contributed by atoms with van der Waals surface area (Å²) in [7, 11) is 0. The third kappa shape index (κ3) is 2.17. The normalized spacial score (nSPS) is 10.9. The highest BCUT2D eigenvalue weighted by Crippen LogP contribution is 2.23. The van der Waals surface area contributed by atoms with Crippen LogP contribution < -0.4 is 0 Å². The van der Waals surface area contributed by atoms with Gasteiger partial charge in [-0.25, -0.2) is 4.98 Å². The van der Waals surface area contributed by atoms with Gasteiger partial charge in [-0.3, -0.25) is 0 Å². The Kier molecular flexibility index (Phi) is 2.41. The van der Waals surface area contributed by atoms with Crippen molar-refractivity contribution in [1.82, 2.24) is 9.97 Å². The van der Waals surface area contributed by atoms with Crippen LogP contribution in [0.25, 0.3) is 12.2 Å².